The average molecular weight is 490 g/mol. The highest BCUT2D eigenvalue weighted by molar-refractivity contribution is 5.99. The highest BCUT2D eigenvalue weighted by Gasteiger charge is 2.53. The van der Waals surface area contributed by atoms with Crippen LogP contribution in [-0.2, 0) is 9.59 Å². The van der Waals surface area contributed by atoms with Crippen LogP contribution < -0.4 is 15.8 Å². The minimum atomic E-state index is -0.499. The number of carbonyl (C=O) groups excluding carboxylic acids is 2. The smallest absolute Gasteiger partial charge is 0.232 e. The number of hydrogen-bond acceptors (Lipinski definition) is 6. The van der Waals surface area contributed by atoms with Gasteiger partial charge in [0.05, 0.1) is 24.0 Å². The van der Waals surface area contributed by atoms with Gasteiger partial charge in [-0.1, -0.05) is 31.2 Å². The van der Waals surface area contributed by atoms with Crippen molar-refractivity contribution >= 4 is 17.8 Å². The van der Waals surface area contributed by atoms with Crippen LogP contribution in [0.1, 0.15) is 76.6 Å². The van der Waals surface area contributed by atoms with Crippen molar-refractivity contribution in [3.63, 3.8) is 0 Å². The van der Waals surface area contributed by atoms with Crippen LogP contribution in [0.2, 0.25) is 0 Å². The van der Waals surface area contributed by atoms with Gasteiger partial charge in [-0.15, -0.1) is 0 Å². The number of nitrogens with zero attached hydrogens (tertiary/aromatic N) is 3. The first kappa shape index (κ1) is 24.3. The number of rotatable bonds is 6. The van der Waals surface area contributed by atoms with Gasteiger partial charge in [-0.3, -0.25) is 19.5 Å². The molecular formula is C28H35N5O3. The van der Waals surface area contributed by atoms with Gasteiger partial charge < -0.3 is 15.8 Å². The predicted octanol–water partition coefficient (Wildman–Crippen LogP) is 3.89. The van der Waals surface area contributed by atoms with Crippen molar-refractivity contribution in [3.8, 4) is 5.75 Å². The molecule has 5 atom stereocenters. The Bertz CT molecular complexity index is 1200. The third-order valence-corrected chi connectivity index (χ3v) is 7.77. The van der Waals surface area contributed by atoms with Crippen LogP contribution in [0.25, 0.3) is 0 Å². The van der Waals surface area contributed by atoms with Crippen molar-refractivity contribution in [1.29, 1.82) is 0 Å². The lowest BCUT2D eigenvalue weighted by atomic mass is 9.89. The number of hydrogen-bond donors (Lipinski definition) is 2. The first-order valence-corrected chi connectivity index (χ1v) is 12.8. The topological polar surface area (TPSA) is 110 Å². The molecule has 3 aliphatic rings. The number of ether oxygens (including phenoxy) is 1. The minimum absolute atomic E-state index is 0.00948. The first-order chi connectivity index (χ1) is 17.1. The summed E-state index contributed by atoms with van der Waals surface area (Å²) in [5.74, 6) is 0.656. The second kappa shape index (κ2) is 8.91. The van der Waals surface area contributed by atoms with E-state index in [1.165, 1.54) is 0 Å². The third kappa shape index (κ3) is 4.56. The van der Waals surface area contributed by atoms with Crippen LogP contribution in [-0.4, -0.2) is 38.8 Å². The lowest BCUT2D eigenvalue weighted by Gasteiger charge is -2.39. The molecule has 2 aromatic rings. The summed E-state index contributed by atoms with van der Waals surface area (Å²) in [7, 11) is 0. The maximum Gasteiger partial charge on any atom is 0.232 e. The molecule has 5 rings (SSSR count). The number of amides is 2. The van der Waals surface area contributed by atoms with Gasteiger partial charge in [0.1, 0.15) is 11.4 Å². The number of aliphatic imine (C=N–C) groups is 1. The van der Waals surface area contributed by atoms with E-state index in [9.17, 15) is 9.59 Å². The fourth-order valence-electron chi connectivity index (χ4n) is 5.62. The molecular weight excluding hydrogens is 454 g/mol. The average Bonchev–Trinajstić information content (AvgIpc) is 3.62. The molecule has 1 aromatic carbocycles. The maximum absolute atomic E-state index is 13.5. The van der Waals surface area contributed by atoms with E-state index in [0.717, 1.165) is 23.3 Å². The molecule has 2 amide bonds. The normalized spacial score (nSPS) is 29.4. The van der Waals surface area contributed by atoms with Crippen LogP contribution in [0.15, 0.2) is 53.8 Å². The first-order valence-electron chi connectivity index (χ1n) is 12.8. The van der Waals surface area contributed by atoms with Gasteiger partial charge in [0.25, 0.3) is 0 Å². The minimum Gasteiger partial charge on any atom is -0.487 e. The summed E-state index contributed by atoms with van der Waals surface area (Å²) < 4.78 is 6.12. The number of guanidine groups is 1. The standard InChI is InChI=1S/C28H35N5O3/c1-5-28(4)15-23(34)33(26(29)32-28)24(17-9-8-12-30-16-17)19-13-20(19)25(35)31-21-14-27(2,3)36-22-11-7-6-10-18(21)22/h6-12,16,19-21,24H,5,13-15H2,1-4H3,(H2,29,32)(H,31,35). The Morgan fingerprint density at radius 1 is 1.25 bits per heavy atom. The Morgan fingerprint density at radius 3 is 2.72 bits per heavy atom. The van der Waals surface area contributed by atoms with E-state index in [1.54, 1.807) is 17.3 Å². The van der Waals surface area contributed by atoms with Gasteiger partial charge in [0.15, 0.2) is 5.96 Å². The molecule has 1 saturated carbocycles. The lowest BCUT2D eigenvalue weighted by Crippen LogP contribution is -2.52. The van der Waals surface area contributed by atoms with Gasteiger partial charge in [0.2, 0.25) is 11.8 Å². The molecule has 0 radical (unpaired) electrons. The van der Waals surface area contributed by atoms with Crippen LogP contribution >= 0.6 is 0 Å². The molecule has 8 nitrogen and oxygen atoms in total. The number of fused-ring (bicyclic) bond motifs is 1. The number of nitrogens with two attached hydrogens (primary N) is 1. The number of pyridine rings is 1. The van der Waals surface area contributed by atoms with E-state index in [0.29, 0.717) is 19.3 Å². The molecule has 3 heterocycles. The van der Waals surface area contributed by atoms with Crippen LogP contribution in [0, 0.1) is 11.8 Å². The van der Waals surface area contributed by atoms with Gasteiger partial charge >= 0.3 is 0 Å². The Kier molecular flexibility index (Phi) is 6.01. The third-order valence-electron chi connectivity index (χ3n) is 7.77. The quantitative estimate of drug-likeness (QED) is 0.640. The Hall–Kier alpha value is -3.42. The highest BCUT2D eigenvalue weighted by Crippen LogP contribution is 2.51. The molecule has 0 saturated heterocycles. The summed E-state index contributed by atoms with van der Waals surface area (Å²) in [4.78, 5) is 37.4. The van der Waals surface area contributed by atoms with Crippen LogP contribution in [0.4, 0.5) is 0 Å². The largest absolute Gasteiger partial charge is 0.487 e. The van der Waals surface area contributed by atoms with Crippen molar-refractivity contribution in [1.82, 2.24) is 15.2 Å². The molecule has 1 fully saturated rings. The molecule has 5 unspecified atom stereocenters. The lowest BCUT2D eigenvalue weighted by molar-refractivity contribution is -0.132. The number of nitrogens with one attached hydrogen (secondary N) is 1. The summed E-state index contributed by atoms with van der Waals surface area (Å²) in [5.41, 5.74) is 7.37. The van der Waals surface area contributed by atoms with Gasteiger partial charge in [-0.2, -0.15) is 0 Å². The number of aromatic nitrogens is 1. The van der Waals surface area contributed by atoms with Crippen molar-refractivity contribution in [2.45, 2.75) is 76.6 Å². The van der Waals surface area contributed by atoms with E-state index in [4.69, 9.17) is 15.5 Å². The molecule has 0 bridgehead atoms. The summed E-state index contributed by atoms with van der Waals surface area (Å²) in [6.45, 7) is 8.04. The van der Waals surface area contributed by atoms with E-state index in [-0.39, 0.29) is 47.3 Å². The monoisotopic (exact) mass is 489 g/mol. The SMILES string of the molecule is CCC1(C)CC(=O)N(C(c2cccnc2)C2CC2C(=O)NC2CC(C)(C)Oc3ccccc32)C(N)=N1. The van der Waals surface area contributed by atoms with Gasteiger partial charge in [-0.25, -0.2) is 4.99 Å². The van der Waals surface area contributed by atoms with Crippen LogP contribution in [0.5, 0.6) is 5.75 Å². The number of benzene rings is 1. The second-order valence-electron chi connectivity index (χ2n) is 11.2. The van der Waals surface area contributed by atoms with Crippen LogP contribution in [0.3, 0.4) is 0 Å². The zero-order valence-electron chi connectivity index (χ0n) is 21.4. The Labute approximate surface area is 212 Å². The van der Waals surface area contributed by atoms with Crippen molar-refractivity contribution in [3.05, 3.63) is 59.9 Å². The molecule has 8 heteroatoms. The fourth-order valence-corrected chi connectivity index (χ4v) is 5.62. The molecule has 0 spiro atoms. The van der Waals surface area contributed by atoms with E-state index < -0.39 is 5.54 Å². The Balaban J connectivity index is 1.39. The summed E-state index contributed by atoms with van der Waals surface area (Å²) >= 11 is 0. The predicted molar refractivity (Wildman–Crippen MR) is 137 cm³/mol. The number of para-hydroxylation sites is 1. The van der Waals surface area contributed by atoms with Gasteiger partial charge in [-0.05, 0) is 57.2 Å². The molecule has 1 aliphatic carbocycles. The van der Waals surface area contributed by atoms with E-state index in [1.807, 2.05) is 64.1 Å². The summed E-state index contributed by atoms with van der Waals surface area (Å²) in [6.07, 6.45) is 5.82. The molecule has 2 aliphatic heterocycles. The van der Waals surface area contributed by atoms with E-state index >= 15 is 0 Å². The van der Waals surface area contributed by atoms with Crippen molar-refractivity contribution < 1.29 is 14.3 Å². The summed E-state index contributed by atoms with van der Waals surface area (Å²) in [5, 5.41) is 3.28. The highest BCUT2D eigenvalue weighted by atomic mass is 16.5. The van der Waals surface area contributed by atoms with Crippen molar-refractivity contribution in [2.75, 3.05) is 0 Å². The molecule has 36 heavy (non-hydrogen) atoms. The van der Waals surface area contributed by atoms with E-state index in [2.05, 4.69) is 10.3 Å². The Morgan fingerprint density at radius 2 is 2.03 bits per heavy atom. The molecule has 1 aromatic heterocycles. The van der Waals surface area contributed by atoms with Crippen molar-refractivity contribution in [2.24, 2.45) is 22.6 Å². The fraction of sp³-hybridized carbons (Fsp3) is 0.500. The summed E-state index contributed by atoms with van der Waals surface area (Å²) in [6, 6.07) is 11.1. The second-order valence-corrected chi connectivity index (χ2v) is 11.2. The zero-order chi connectivity index (χ0) is 25.7. The zero-order valence-corrected chi connectivity index (χ0v) is 21.4. The number of carbonyl (C=O) groups is 2. The van der Waals surface area contributed by atoms with Gasteiger partial charge in [0, 0.05) is 30.3 Å². The molecule has 3 N–H and O–H groups in total. The maximum atomic E-state index is 13.5. The molecule has 190 valence electrons.